The summed E-state index contributed by atoms with van der Waals surface area (Å²) in [4.78, 5) is 10.9. The number of ether oxygens (including phenoxy) is 1. The van der Waals surface area contributed by atoms with Gasteiger partial charge in [-0.25, -0.2) is 8.42 Å². The van der Waals surface area contributed by atoms with Gasteiger partial charge in [-0.3, -0.25) is 4.79 Å². The number of sulfonamides is 1. The maximum absolute atomic E-state index is 12.5. The topological polar surface area (TPSA) is 111 Å². The third kappa shape index (κ3) is 3.70. The second kappa shape index (κ2) is 7.04. The number of carbonyl (C=O) groups excluding carboxylic acids is 1. The first-order valence-electron chi connectivity index (χ1n) is 5.51. The molecule has 0 radical (unpaired) electrons. The monoisotopic (exact) mass is 327 g/mol. The summed E-state index contributed by atoms with van der Waals surface area (Å²) < 4.78 is 29.9. The molecule has 0 fully saturated rings. The van der Waals surface area contributed by atoms with Crippen molar-refractivity contribution in [2.45, 2.75) is 4.90 Å². The van der Waals surface area contributed by atoms with Crippen LogP contribution in [0.1, 0.15) is 5.56 Å². The minimum absolute atomic E-state index is 0.0337. The summed E-state index contributed by atoms with van der Waals surface area (Å²) in [5, 5.41) is 17.7. The number of halogens is 1. The van der Waals surface area contributed by atoms with Gasteiger partial charge in [0, 0.05) is 0 Å². The van der Waals surface area contributed by atoms with Crippen LogP contribution in [0.4, 0.5) is 0 Å². The number of hydrogen-bond acceptors (Lipinski definition) is 6. The molecule has 7 nitrogen and oxygen atoms in total. The molecule has 110 valence electrons. The Morgan fingerprint density at radius 2 is 2.10 bits per heavy atom. The largest absolute Gasteiger partial charge is 0.468 e. The van der Waals surface area contributed by atoms with E-state index >= 15 is 0 Å². The van der Waals surface area contributed by atoms with E-state index in [0.29, 0.717) is 4.31 Å². The molecule has 0 aromatic heterocycles. The molecular weight excluding hydrogens is 318 g/mol. The van der Waals surface area contributed by atoms with Gasteiger partial charge in [0.15, 0.2) is 0 Å². The van der Waals surface area contributed by atoms with Gasteiger partial charge in [0.05, 0.1) is 23.8 Å². The molecule has 0 bridgehead atoms. The van der Waals surface area contributed by atoms with E-state index in [9.17, 15) is 13.2 Å². The Labute approximate surface area is 127 Å². The highest BCUT2D eigenvalue weighted by Crippen LogP contribution is 2.25. The van der Waals surface area contributed by atoms with Gasteiger partial charge < -0.3 is 4.74 Å². The molecule has 21 heavy (non-hydrogen) atoms. The first kappa shape index (κ1) is 16.9. The number of carbonyl (C=O) groups is 1. The van der Waals surface area contributed by atoms with E-state index in [1.165, 1.54) is 18.2 Å². The Bertz CT molecular complexity index is 734. The molecule has 0 N–H and O–H groups in total. The van der Waals surface area contributed by atoms with Gasteiger partial charge in [0.1, 0.15) is 24.1 Å². The van der Waals surface area contributed by atoms with Crippen LogP contribution in [-0.2, 0) is 19.6 Å². The molecule has 1 aromatic rings. The second-order valence-corrected chi connectivity index (χ2v) is 6.05. The van der Waals surface area contributed by atoms with Crippen LogP contribution < -0.4 is 0 Å². The highest BCUT2D eigenvalue weighted by atomic mass is 35.5. The van der Waals surface area contributed by atoms with Crippen LogP contribution >= 0.6 is 11.6 Å². The molecule has 0 saturated carbocycles. The summed E-state index contributed by atoms with van der Waals surface area (Å²) in [5.41, 5.74) is -0.244. The van der Waals surface area contributed by atoms with Crippen molar-refractivity contribution >= 4 is 27.6 Å². The van der Waals surface area contributed by atoms with E-state index in [2.05, 4.69) is 4.74 Å². The molecule has 0 spiro atoms. The van der Waals surface area contributed by atoms with Crippen molar-refractivity contribution in [3.8, 4) is 12.1 Å². The lowest BCUT2D eigenvalue weighted by atomic mass is 10.2. The lowest BCUT2D eigenvalue weighted by molar-refractivity contribution is -0.140. The molecular formula is C12H10ClN3O4S. The Balaban J connectivity index is 3.37. The molecule has 1 rings (SSSR count). The predicted octanol–water partition coefficient (Wildman–Crippen LogP) is 0.899. The van der Waals surface area contributed by atoms with Gasteiger partial charge in [0.25, 0.3) is 0 Å². The average molecular weight is 328 g/mol. The minimum Gasteiger partial charge on any atom is -0.468 e. The van der Waals surface area contributed by atoms with Crippen molar-refractivity contribution in [1.82, 2.24) is 4.31 Å². The Hall–Kier alpha value is -2.13. The van der Waals surface area contributed by atoms with E-state index in [0.717, 1.165) is 7.11 Å². The summed E-state index contributed by atoms with van der Waals surface area (Å²) in [6.07, 6.45) is 0. The van der Waals surface area contributed by atoms with E-state index in [1.54, 1.807) is 12.1 Å². The predicted molar refractivity (Wildman–Crippen MR) is 72.6 cm³/mol. The molecule has 0 aliphatic heterocycles. The number of nitrogens with zero attached hydrogens (tertiary/aromatic N) is 3. The molecule has 0 amide bonds. The van der Waals surface area contributed by atoms with Gasteiger partial charge in [-0.05, 0) is 12.1 Å². The van der Waals surface area contributed by atoms with Gasteiger partial charge in [-0.1, -0.05) is 17.7 Å². The Morgan fingerprint density at radius 1 is 1.43 bits per heavy atom. The van der Waals surface area contributed by atoms with E-state index < -0.39 is 29.1 Å². The van der Waals surface area contributed by atoms with Crippen molar-refractivity contribution in [2.24, 2.45) is 0 Å². The molecule has 0 heterocycles. The van der Waals surface area contributed by atoms with Gasteiger partial charge in [-0.2, -0.15) is 14.8 Å². The van der Waals surface area contributed by atoms with Crippen LogP contribution in [0, 0.1) is 22.7 Å². The van der Waals surface area contributed by atoms with Crippen molar-refractivity contribution < 1.29 is 17.9 Å². The molecule has 0 unspecified atom stereocenters. The fourth-order valence-corrected chi connectivity index (χ4v) is 3.20. The van der Waals surface area contributed by atoms with E-state index in [-0.39, 0.29) is 15.5 Å². The lowest BCUT2D eigenvalue weighted by Gasteiger charge is -2.18. The quantitative estimate of drug-likeness (QED) is 0.586. The highest BCUT2D eigenvalue weighted by molar-refractivity contribution is 7.89. The van der Waals surface area contributed by atoms with Crippen LogP contribution in [0.5, 0.6) is 0 Å². The third-order valence-corrected chi connectivity index (χ3v) is 4.63. The average Bonchev–Trinajstić information content (AvgIpc) is 2.46. The summed E-state index contributed by atoms with van der Waals surface area (Å²) >= 11 is 5.79. The number of nitriles is 2. The number of esters is 1. The zero-order valence-corrected chi connectivity index (χ0v) is 12.5. The zero-order valence-electron chi connectivity index (χ0n) is 10.9. The van der Waals surface area contributed by atoms with Crippen LogP contribution in [0.2, 0.25) is 5.02 Å². The first-order valence-corrected chi connectivity index (χ1v) is 7.32. The summed E-state index contributed by atoms with van der Waals surface area (Å²) in [6, 6.07) is 7.26. The summed E-state index contributed by atoms with van der Waals surface area (Å²) in [5.74, 6) is -0.825. The van der Waals surface area contributed by atoms with Crippen LogP contribution in [0.3, 0.4) is 0 Å². The van der Waals surface area contributed by atoms with Crippen LogP contribution in [0.25, 0.3) is 0 Å². The summed E-state index contributed by atoms with van der Waals surface area (Å²) in [7, 11) is -3.13. The standard InChI is InChI=1S/C12H10ClN3O4S/c1-20-12(17)8-16(6-5-14)21(18,19)11-4-2-3-10(13)9(11)7-15/h2-4H,6,8H2,1H3. The van der Waals surface area contributed by atoms with Crippen molar-refractivity contribution in [3.05, 3.63) is 28.8 Å². The van der Waals surface area contributed by atoms with Crippen molar-refractivity contribution in [1.29, 1.82) is 10.5 Å². The molecule has 0 saturated heterocycles. The number of hydrogen-bond donors (Lipinski definition) is 0. The van der Waals surface area contributed by atoms with E-state index in [1.807, 2.05) is 0 Å². The lowest BCUT2D eigenvalue weighted by Crippen LogP contribution is -2.36. The fourth-order valence-electron chi connectivity index (χ4n) is 1.48. The van der Waals surface area contributed by atoms with Gasteiger partial charge in [0.2, 0.25) is 10.0 Å². The number of benzene rings is 1. The first-order chi connectivity index (χ1) is 9.88. The molecule has 1 aromatic carbocycles. The van der Waals surface area contributed by atoms with Crippen molar-refractivity contribution in [3.63, 3.8) is 0 Å². The van der Waals surface area contributed by atoms with Crippen LogP contribution in [-0.4, -0.2) is 38.9 Å². The third-order valence-electron chi connectivity index (χ3n) is 2.49. The van der Waals surface area contributed by atoms with Gasteiger partial charge >= 0.3 is 5.97 Å². The van der Waals surface area contributed by atoms with Crippen LogP contribution in [0.15, 0.2) is 23.1 Å². The normalized spacial score (nSPS) is 10.7. The minimum atomic E-state index is -4.23. The molecule has 0 aliphatic carbocycles. The highest BCUT2D eigenvalue weighted by Gasteiger charge is 2.30. The Kier molecular flexibility index (Phi) is 5.68. The molecule has 9 heteroatoms. The maximum atomic E-state index is 12.5. The molecule has 0 atom stereocenters. The van der Waals surface area contributed by atoms with Gasteiger partial charge in [-0.15, -0.1) is 0 Å². The SMILES string of the molecule is COC(=O)CN(CC#N)S(=O)(=O)c1cccc(Cl)c1C#N. The Morgan fingerprint density at radius 3 is 2.62 bits per heavy atom. The fraction of sp³-hybridized carbons (Fsp3) is 0.250. The summed E-state index contributed by atoms with van der Waals surface area (Å²) in [6.45, 7) is -1.20. The van der Waals surface area contributed by atoms with Crippen molar-refractivity contribution in [2.75, 3.05) is 20.2 Å². The smallest absolute Gasteiger partial charge is 0.321 e. The number of methoxy groups -OCH3 is 1. The number of rotatable bonds is 5. The van der Waals surface area contributed by atoms with E-state index in [4.69, 9.17) is 22.1 Å². The second-order valence-electron chi connectivity index (χ2n) is 3.73. The molecule has 0 aliphatic rings. The zero-order chi connectivity index (χ0) is 16.0. The maximum Gasteiger partial charge on any atom is 0.321 e.